The lowest BCUT2D eigenvalue weighted by Crippen LogP contribution is -2.18. The molecule has 1 unspecified atom stereocenters. The van der Waals surface area contributed by atoms with Crippen molar-refractivity contribution in [1.82, 2.24) is 5.32 Å². The average Bonchev–Trinajstić information content (AvgIpc) is 3.04. The molecule has 0 saturated heterocycles. The Morgan fingerprint density at radius 1 is 1.24 bits per heavy atom. The fourth-order valence-corrected chi connectivity index (χ4v) is 4.13. The Labute approximate surface area is 133 Å². The first kappa shape index (κ1) is 14.7. The molecule has 1 aromatic carbocycles. The maximum Gasteiger partial charge on any atom is 0.161 e. The molecule has 5 heteroatoms. The molecule has 0 bridgehead atoms. The second-order valence-corrected chi connectivity index (χ2v) is 6.86. The summed E-state index contributed by atoms with van der Waals surface area (Å²) in [7, 11) is 3.31. The van der Waals surface area contributed by atoms with Crippen LogP contribution in [0.4, 0.5) is 0 Å². The molecule has 1 aliphatic rings. The lowest BCUT2D eigenvalue weighted by Gasteiger charge is -2.14. The van der Waals surface area contributed by atoms with E-state index in [1.165, 1.54) is 16.0 Å². The SMILES string of the molecule is COc1ccc(CNC2CCc3sc(Cl)cc32)cc1OC. The second kappa shape index (κ2) is 6.26. The summed E-state index contributed by atoms with van der Waals surface area (Å²) < 4.78 is 11.5. The summed E-state index contributed by atoms with van der Waals surface area (Å²) in [4.78, 5) is 1.42. The van der Waals surface area contributed by atoms with Crippen molar-refractivity contribution in [3.63, 3.8) is 0 Å². The van der Waals surface area contributed by atoms with Gasteiger partial charge in [0, 0.05) is 17.5 Å². The first-order chi connectivity index (χ1) is 10.2. The van der Waals surface area contributed by atoms with Crippen molar-refractivity contribution in [3.8, 4) is 11.5 Å². The van der Waals surface area contributed by atoms with Gasteiger partial charge in [0.1, 0.15) is 0 Å². The van der Waals surface area contributed by atoms with E-state index in [2.05, 4.69) is 17.4 Å². The van der Waals surface area contributed by atoms with Crippen LogP contribution in [0, 0.1) is 0 Å². The van der Waals surface area contributed by atoms with Gasteiger partial charge in [-0.2, -0.15) is 0 Å². The average molecular weight is 324 g/mol. The van der Waals surface area contributed by atoms with E-state index in [9.17, 15) is 0 Å². The van der Waals surface area contributed by atoms with Gasteiger partial charge in [-0.25, -0.2) is 0 Å². The smallest absolute Gasteiger partial charge is 0.161 e. The molecule has 0 aliphatic heterocycles. The van der Waals surface area contributed by atoms with E-state index >= 15 is 0 Å². The predicted octanol–water partition coefficient (Wildman–Crippen LogP) is 4.20. The van der Waals surface area contributed by atoms with Crippen LogP contribution in [0.25, 0.3) is 0 Å². The highest BCUT2D eigenvalue weighted by Gasteiger charge is 2.24. The van der Waals surface area contributed by atoms with Crippen molar-refractivity contribution in [3.05, 3.63) is 44.6 Å². The van der Waals surface area contributed by atoms with E-state index in [0.717, 1.165) is 35.2 Å². The molecule has 1 heterocycles. The summed E-state index contributed by atoms with van der Waals surface area (Å²) in [6, 6.07) is 8.52. The van der Waals surface area contributed by atoms with Crippen LogP contribution in [0.5, 0.6) is 11.5 Å². The van der Waals surface area contributed by atoms with Crippen LogP contribution in [0.3, 0.4) is 0 Å². The van der Waals surface area contributed by atoms with Gasteiger partial charge in [0.05, 0.1) is 18.6 Å². The van der Waals surface area contributed by atoms with Gasteiger partial charge in [0.2, 0.25) is 0 Å². The Bertz CT molecular complexity index is 641. The van der Waals surface area contributed by atoms with Crippen LogP contribution in [-0.2, 0) is 13.0 Å². The number of hydrogen-bond acceptors (Lipinski definition) is 4. The number of rotatable bonds is 5. The number of methoxy groups -OCH3 is 2. The topological polar surface area (TPSA) is 30.5 Å². The van der Waals surface area contributed by atoms with Crippen molar-refractivity contribution in [2.45, 2.75) is 25.4 Å². The molecule has 1 atom stereocenters. The van der Waals surface area contributed by atoms with Gasteiger partial charge in [-0.1, -0.05) is 17.7 Å². The van der Waals surface area contributed by atoms with Gasteiger partial charge in [-0.15, -0.1) is 11.3 Å². The molecule has 3 nitrogen and oxygen atoms in total. The highest BCUT2D eigenvalue weighted by molar-refractivity contribution is 7.16. The molecular weight excluding hydrogens is 306 g/mol. The standard InChI is InChI=1S/C16H18ClNO2S/c1-19-13-5-3-10(7-14(13)20-2)9-18-12-4-6-15-11(12)8-16(17)21-15/h3,5,7-8,12,18H,4,6,9H2,1-2H3. The van der Waals surface area contributed by atoms with Gasteiger partial charge in [0.15, 0.2) is 11.5 Å². The van der Waals surface area contributed by atoms with Crippen LogP contribution < -0.4 is 14.8 Å². The molecule has 21 heavy (non-hydrogen) atoms. The fraction of sp³-hybridized carbons (Fsp3) is 0.375. The zero-order valence-electron chi connectivity index (χ0n) is 12.1. The number of thiophene rings is 1. The number of halogens is 1. The minimum atomic E-state index is 0.400. The molecule has 0 fully saturated rings. The molecule has 0 amide bonds. The molecule has 0 spiro atoms. The Morgan fingerprint density at radius 3 is 2.81 bits per heavy atom. The first-order valence-corrected chi connectivity index (χ1v) is 8.13. The van der Waals surface area contributed by atoms with Gasteiger partial charge < -0.3 is 14.8 Å². The lowest BCUT2D eigenvalue weighted by atomic mass is 10.1. The lowest BCUT2D eigenvalue weighted by molar-refractivity contribution is 0.354. The second-order valence-electron chi connectivity index (χ2n) is 5.09. The zero-order chi connectivity index (χ0) is 14.8. The Hall–Kier alpha value is -1.23. The van der Waals surface area contributed by atoms with Crippen molar-refractivity contribution in [1.29, 1.82) is 0 Å². The third kappa shape index (κ3) is 3.03. The van der Waals surface area contributed by atoms with E-state index in [1.807, 2.05) is 12.1 Å². The highest BCUT2D eigenvalue weighted by Crippen LogP contribution is 2.39. The Morgan fingerprint density at radius 2 is 2.05 bits per heavy atom. The van der Waals surface area contributed by atoms with Crippen molar-refractivity contribution >= 4 is 22.9 Å². The molecule has 1 N–H and O–H groups in total. The fourth-order valence-electron chi connectivity index (χ4n) is 2.77. The maximum absolute atomic E-state index is 6.09. The number of nitrogens with one attached hydrogen (secondary N) is 1. The number of fused-ring (bicyclic) bond motifs is 1. The summed E-state index contributed by atoms with van der Waals surface area (Å²) >= 11 is 7.80. The summed E-state index contributed by atoms with van der Waals surface area (Å²) in [6.45, 7) is 0.803. The highest BCUT2D eigenvalue weighted by atomic mass is 35.5. The van der Waals surface area contributed by atoms with Crippen LogP contribution >= 0.6 is 22.9 Å². The molecule has 0 saturated carbocycles. The molecular formula is C16H18ClNO2S. The van der Waals surface area contributed by atoms with Gasteiger partial charge in [-0.05, 0) is 42.2 Å². The van der Waals surface area contributed by atoms with E-state index in [-0.39, 0.29) is 0 Å². The molecule has 2 aromatic rings. The van der Waals surface area contributed by atoms with E-state index < -0.39 is 0 Å². The quantitative estimate of drug-likeness (QED) is 0.894. The molecule has 3 rings (SSSR count). The van der Waals surface area contributed by atoms with Crippen molar-refractivity contribution < 1.29 is 9.47 Å². The summed E-state index contributed by atoms with van der Waals surface area (Å²) in [5.41, 5.74) is 2.55. The number of benzene rings is 1. The van der Waals surface area contributed by atoms with Crippen LogP contribution in [0.15, 0.2) is 24.3 Å². The molecule has 1 aliphatic carbocycles. The molecule has 0 radical (unpaired) electrons. The van der Waals surface area contributed by atoms with Gasteiger partial charge in [-0.3, -0.25) is 0 Å². The third-order valence-electron chi connectivity index (χ3n) is 3.85. The van der Waals surface area contributed by atoms with Crippen LogP contribution in [0.1, 0.15) is 28.5 Å². The van der Waals surface area contributed by atoms with Crippen LogP contribution in [-0.4, -0.2) is 14.2 Å². The maximum atomic E-state index is 6.09. The minimum Gasteiger partial charge on any atom is -0.493 e. The number of ether oxygens (including phenoxy) is 2. The number of hydrogen-bond donors (Lipinski definition) is 1. The number of aryl methyl sites for hydroxylation is 1. The van der Waals surface area contributed by atoms with Gasteiger partial charge >= 0.3 is 0 Å². The van der Waals surface area contributed by atoms with Crippen LogP contribution in [0.2, 0.25) is 4.34 Å². The zero-order valence-corrected chi connectivity index (χ0v) is 13.7. The van der Waals surface area contributed by atoms with E-state index in [0.29, 0.717) is 6.04 Å². The predicted molar refractivity (Wildman–Crippen MR) is 86.8 cm³/mol. The molecule has 112 valence electrons. The Kier molecular flexibility index (Phi) is 4.38. The van der Waals surface area contributed by atoms with Crippen molar-refractivity contribution in [2.24, 2.45) is 0 Å². The minimum absolute atomic E-state index is 0.400. The van der Waals surface area contributed by atoms with Crippen molar-refractivity contribution in [2.75, 3.05) is 14.2 Å². The summed E-state index contributed by atoms with van der Waals surface area (Å²) in [5, 5.41) is 3.61. The van der Waals surface area contributed by atoms with E-state index in [1.54, 1.807) is 25.6 Å². The third-order valence-corrected chi connectivity index (χ3v) is 5.19. The Balaban J connectivity index is 1.68. The van der Waals surface area contributed by atoms with Gasteiger partial charge in [0.25, 0.3) is 0 Å². The molecule has 1 aromatic heterocycles. The normalized spacial score (nSPS) is 16.8. The van der Waals surface area contributed by atoms with E-state index in [4.69, 9.17) is 21.1 Å². The largest absolute Gasteiger partial charge is 0.493 e. The summed E-state index contributed by atoms with van der Waals surface area (Å²) in [6.07, 6.45) is 2.27. The summed E-state index contributed by atoms with van der Waals surface area (Å²) in [5.74, 6) is 1.52. The monoisotopic (exact) mass is 323 g/mol. The first-order valence-electron chi connectivity index (χ1n) is 6.93.